The van der Waals surface area contributed by atoms with Crippen molar-refractivity contribution < 1.29 is 4.74 Å². The van der Waals surface area contributed by atoms with Gasteiger partial charge in [-0.3, -0.25) is 4.79 Å². The Labute approximate surface area is 192 Å². The summed E-state index contributed by atoms with van der Waals surface area (Å²) in [6, 6.07) is 14.1. The molecule has 0 unspecified atom stereocenters. The molecule has 1 N–H and O–H groups in total. The fourth-order valence-corrected chi connectivity index (χ4v) is 4.91. The maximum absolute atomic E-state index is 13.5. The maximum Gasteiger partial charge on any atom is 0.254 e. The van der Waals surface area contributed by atoms with Crippen LogP contribution in [-0.2, 0) is 17.7 Å². The minimum atomic E-state index is -0.424. The van der Waals surface area contributed by atoms with Crippen LogP contribution < -0.4 is 10.5 Å². The van der Waals surface area contributed by atoms with Gasteiger partial charge in [0.15, 0.2) is 5.82 Å². The molecular weight excluding hydrogens is 416 g/mol. The molecule has 4 aromatic rings. The molecule has 0 spiro atoms. The first kappa shape index (κ1) is 21.3. The van der Waals surface area contributed by atoms with Gasteiger partial charge in [0.05, 0.1) is 13.2 Å². The second kappa shape index (κ2) is 8.78. The lowest BCUT2D eigenvalue weighted by molar-refractivity contribution is 0.181. The van der Waals surface area contributed by atoms with Crippen LogP contribution >= 0.6 is 0 Å². The van der Waals surface area contributed by atoms with Crippen molar-refractivity contribution in [2.24, 2.45) is 0 Å². The van der Waals surface area contributed by atoms with Gasteiger partial charge in [-0.15, -0.1) is 5.10 Å². The van der Waals surface area contributed by atoms with Crippen molar-refractivity contribution in [1.82, 2.24) is 25.2 Å². The lowest BCUT2D eigenvalue weighted by Crippen LogP contribution is -2.38. The minimum Gasteiger partial charge on any atom is -0.383 e. The predicted molar refractivity (Wildman–Crippen MR) is 128 cm³/mol. The number of aromatic amines is 1. The molecule has 0 fully saturated rings. The summed E-state index contributed by atoms with van der Waals surface area (Å²) in [5.74, 6) is 0.637. The Kier molecular flexibility index (Phi) is 5.68. The Hall–Kier alpha value is -3.52. The van der Waals surface area contributed by atoms with Gasteiger partial charge in [-0.05, 0) is 72.0 Å². The zero-order valence-electron chi connectivity index (χ0n) is 19.2. The number of tetrazole rings is 1. The number of aryl methyl sites for hydroxylation is 3. The Morgan fingerprint density at radius 3 is 2.88 bits per heavy atom. The number of aromatic nitrogens is 5. The molecule has 5 rings (SSSR count). The Bertz CT molecular complexity index is 1360. The van der Waals surface area contributed by atoms with Crippen molar-refractivity contribution in [3.63, 3.8) is 0 Å². The van der Waals surface area contributed by atoms with E-state index in [1.165, 1.54) is 5.56 Å². The molecule has 0 aliphatic carbocycles. The summed E-state index contributed by atoms with van der Waals surface area (Å²) in [7, 11) is 1.65. The highest BCUT2D eigenvalue weighted by Crippen LogP contribution is 2.36. The van der Waals surface area contributed by atoms with Crippen LogP contribution in [0.3, 0.4) is 0 Å². The van der Waals surface area contributed by atoms with E-state index < -0.39 is 6.04 Å². The van der Waals surface area contributed by atoms with Crippen molar-refractivity contribution in [1.29, 1.82) is 0 Å². The Morgan fingerprint density at radius 1 is 1.18 bits per heavy atom. The largest absolute Gasteiger partial charge is 0.383 e. The number of hydrogen-bond acceptors (Lipinski definition) is 6. The second-order valence-electron chi connectivity index (χ2n) is 8.68. The number of H-pyrrole nitrogens is 1. The first-order valence-electron chi connectivity index (χ1n) is 11.3. The average molecular weight is 445 g/mol. The highest BCUT2D eigenvalue weighted by molar-refractivity contribution is 5.83. The number of benzene rings is 2. The molecule has 170 valence electrons. The van der Waals surface area contributed by atoms with Gasteiger partial charge >= 0.3 is 0 Å². The quantitative estimate of drug-likeness (QED) is 0.491. The van der Waals surface area contributed by atoms with Gasteiger partial charge in [-0.1, -0.05) is 24.3 Å². The number of hydrogen-bond donors (Lipinski definition) is 1. The molecule has 0 saturated heterocycles. The first-order chi connectivity index (χ1) is 16.1. The number of methoxy groups -OCH3 is 1. The molecule has 0 amide bonds. The number of rotatable bonds is 6. The number of nitrogens with one attached hydrogen (secondary N) is 1. The highest BCUT2D eigenvalue weighted by atomic mass is 16.5. The van der Waals surface area contributed by atoms with Gasteiger partial charge in [-0.2, -0.15) is 0 Å². The van der Waals surface area contributed by atoms with Crippen molar-refractivity contribution in [2.75, 3.05) is 25.2 Å². The van der Waals surface area contributed by atoms with Gasteiger partial charge < -0.3 is 14.6 Å². The fourth-order valence-electron chi connectivity index (χ4n) is 4.91. The Balaban J connectivity index is 1.73. The first-order valence-corrected chi connectivity index (χ1v) is 11.3. The molecule has 1 atom stereocenters. The molecule has 33 heavy (non-hydrogen) atoms. The molecule has 0 saturated carbocycles. The number of fused-ring (bicyclic) bond motifs is 2. The number of pyridine rings is 1. The normalized spacial score (nSPS) is 14.5. The van der Waals surface area contributed by atoms with E-state index in [2.05, 4.69) is 56.6 Å². The molecule has 3 heterocycles. The molecule has 2 aromatic heterocycles. The molecule has 0 bridgehead atoms. The summed E-state index contributed by atoms with van der Waals surface area (Å²) >= 11 is 0. The highest BCUT2D eigenvalue weighted by Gasteiger charge is 2.33. The second-order valence-corrected chi connectivity index (χ2v) is 8.68. The summed E-state index contributed by atoms with van der Waals surface area (Å²) in [6.07, 6.45) is 2.01. The zero-order valence-corrected chi connectivity index (χ0v) is 19.2. The van der Waals surface area contributed by atoms with E-state index in [9.17, 15) is 4.79 Å². The van der Waals surface area contributed by atoms with Crippen molar-refractivity contribution >= 4 is 16.6 Å². The van der Waals surface area contributed by atoms with Gasteiger partial charge in [-0.25, -0.2) is 4.68 Å². The number of para-hydroxylation sites is 1. The summed E-state index contributed by atoms with van der Waals surface area (Å²) in [6.45, 7) is 5.91. The molecule has 1 aliphatic heterocycles. The van der Waals surface area contributed by atoms with E-state index in [1.807, 2.05) is 25.1 Å². The van der Waals surface area contributed by atoms with Crippen molar-refractivity contribution in [2.45, 2.75) is 39.3 Å². The van der Waals surface area contributed by atoms with Crippen LogP contribution in [0, 0.1) is 13.8 Å². The van der Waals surface area contributed by atoms with Crippen molar-refractivity contribution in [3.8, 4) is 0 Å². The van der Waals surface area contributed by atoms with E-state index >= 15 is 0 Å². The minimum absolute atomic E-state index is 0.123. The standard InChI is InChI=1S/C25H28N6O2/c1-16-13-17(2)19-15-20(25(32)26-21(19)14-16)23(24-27-28-29-31(24)11-12-33-3)30-10-6-8-18-7-4-5-9-22(18)30/h4-5,7,9,13-15,23H,6,8,10-12H2,1-3H3,(H,26,32)/t23-/m1/s1. The zero-order chi connectivity index (χ0) is 22.9. The summed E-state index contributed by atoms with van der Waals surface area (Å²) in [5.41, 5.74) is 6.00. The summed E-state index contributed by atoms with van der Waals surface area (Å²) in [4.78, 5) is 18.9. The summed E-state index contributed by atoms with van der Waals surface area (Å²) < 4.78 is 7.01. The number of ether oxygens (including phenoxy) is 1. The smallest absolute Gasteiger partial charge is 0.254 e. The fraction of sp³-hybridized carbons (Fsp3) is 0.360. The molecule has 2 aromatic carbocycles. The monoisotopic (exact) mass is 444 g/mol. The number of anilines is 1. The SMILES string of the molecule is COCCn1nnnc1[C@@H](c1cc2c(C)cc(C)cc2[nH]c1=O)N1CCCc2ccccc21. The van der Waals surface area contributed by atoms with Crippen LogP contribution in [0.5, 0.6) is 0 Å². The molecule has 8 nitrogen and oxygen atoms in total. The average Bonchev–Trinajstić information content (AvgIpc) is 3.26. The van der Waals surface area contributed by atoms with Crippen LogP contribution in [0.4, 0.5) is 5.69 Å². The molecule has 0 radical (unpaired) electrons. The lowest BCUT2D eigenvalue weighted by Gasteiger charge is -2.37. The lowest BCUT2D eigenvalue weighted by atomic mass is 9.95. The molecule has 8 heteroatoms. The van der Waals surface area contributed by atoms with Gasteiger partial charge in [0.2, 0.25) is 0 Å². The predicted octanol–water partition coefficient (Wildman–Crippen LogP) is 3.32. The van der Waals surface area contributed by atoms with E-state index in [0.29, 0.717) is 24.5 Å². The Morgan fingerprint density at radius 2 is 2.03 bits per heavy atom. The molecule has 1 aliphatic rings. The van der Waals surface area contributed by atoms with Crippen LogP contribution in [0.15, 0.2) is 47.3 Å². The third kappa shape index (κ3) is 3.91. The van der Waals surface area contributed by atoms with Gasteiger partial charge in [0, 0.05) is 35.8 Å². The molecular formula is C25H28N6O2. The van der Waals surface area contributed by atoms with E-state index in [1.54, 1.807) is 11.8 Å². The van der Waals surface area contributed by atoms with Crippen LogP contribution in [-0.4, -0.2) is 45.5 Å². The van der Waals surface area contributed by atoms with Gasteiger partial charge in [0.25, 0.3) is 5.56 Å². The van der Waals surface area contributed by atoms with Crippen molar-refractivity contribution in [3.05, 3.63) is 80.9 Å². The van der Waals surface area contributed by atoms with E-state index in [-0.39, 0.29) is 5.56 Å². The summed E-state index contributed by atoms with van der Waals surface area (Å²) in [5, 5.41) is 13.6. The van der Waals surface area contributed by atoms with Crippen LogP contribution in [0.2, 0.25) is 0 Å². The number of nitrogens with zero attached hydrogens (tertiary/aromatic N) is 5. The third-order valence-corrected chi connectivity index (χ3v) is 6.41. The van der Waals surface area contributed by atoms with Crippen LogP contribution in [0.25, 0.3) is 10.9 Å². The van der Waals surface area contributed by atoms with Gasteiger partial charge in [0.1, 0.15) is 6.04 Å². The maximum atomic E-state index is 13.5. The van der Waals surface area contributed by atoms with Crippen LogP contribution in [0.1, 0.15) is 40.5 Å². The van der Waals surface area contributed by atoms with E-state index in [4.69, 9.17) is 4.74 Å². The van der Waals surface area contributed by atoms with E-state index in [0.717, 1.165) is 47.1 Å². The topological polar surface area (TPSA) is 88.9 Å². The third-order valence-electron chi connectivity index (χ3n) is 6.41.